The van der Waals surface area contributed by atoms with Crippen molar-refractivity contribution in [1.29, 1.82) is 0 Å². The molecule has 22 heavy (non-hydrogen) atoms. The van der Waals surface area contributed by atoms with E-state index in [2.05, 4.69) is 6.92 Å². The number of fused-ring (bicyclic) bond motifs is 5. The van der Waals surface area contributed by atoms with Crippen LogP contribution in [0.1, 0.15) is 65.2 Å². The molecule has 0 aromatic rings. The molecule has 4 aliphatic carbocycles. The molecule has 2 nitrogen and oxygen atoms in total. The standard InChI is InChI=1S/C19H29FO2/c1-18-7-4-3-5-11(18)9-15(21)16-12(18)6-8-19(2)13(16)10-14(20)17(19)22/h11-14,16-17,22H,3-10H2,1-2H3/t11?,12-,13-,14+,16+,17+,18-,19-/m0/s1. The molecular formula is C19H29FO2. The number of halogens is 1. The van der Waals surface area contributed by atoms with E-state index in [1.54, 1.807) is 0 Å². The van der Waals surface area contributed by atoms with Crippen LogP contribution in [0.4, 0.5) is 4.39 Å². The van der Waals surface area contributed by atoms with Crippen LogP contribution in [0.15, 0.2) is 0 Å². The third-order valence-corrected chi connectivity index (χ3v) is 8.32. The molecule has 0 amide bonds. The van der Waals surface area contributed by atoms with Crippen LogP contribution in [0.3, 0.4) is 0 Å². The van der Waals surface area contributed by atoms with Crippen LogP contribution in [0.2, 0.25) is 0 Å². The highest BCUT2D eigenvalue weighted by atomic mass is 19.1. The van der Waals surface area contributed by atoms with Gasteiger partial charge in [0.25, 0.3) is 0 Å². The van der Waals surface area contributed by atoms with Crippen LogP contribution in [0, 0.1) is 34.5 Å². The minimum absolute atomic E-state index is 0.00787. The van der Waals surface area contributed by atoms with Crippen molar-refractivity contribution in [1.82, 2.24) is 0 Å². The average molecular weight is 308 g/mol. The first kappa shape index (κ1) is 15.1. The smallest absolute Gasteiger partial charge is 0.136 e. The van der Waals surface area contributed by atoms with Crippen molar-refractivity contribution in [2.45, 2.75) is 77.5 Å². The molecule has 1 N–H and O–H groups in total. The maximum absolute atomic E-state index is 14.2. The van der Waals surface area contributed by atoms with E-state index in [0.29, 0.717) is 30.5 Å². The number of aliphatic hydroxyl groups excluding tert-OH is 1. The van der Waals surface area contributed by atoms with E-state index in [1.807, 2.05) is 6.92 Å². The molecule has 1 unspecified atom stereocenters. The van der Waals surface area contributed by atoms with Gasteiger partial charge in [-0.1, -0.05) is 26.7 Å². The van der Waals surface area contributed by atoms with Crippen molar-refractivity contribution in [2.75, 3.05) is 0 Å². The van der Waals surface area contributed by atoms with Crippen LogP contribution in [0.25, 0.3) is 0 Å². The fourth-order valence-corrected chi connectivity index (χ4v) is 6.91. The summed E-state index contributed by atoms with van der Waals surface area (Å²) in [5.74, 6) is 1.42. The zero-order valence-electron chi connectivity index (χ0n) is 13.9. The summed E-state index contributed by atoms with van der Waals surface area (Å²) >= 11 is 0. The molecule has 4 aliphatic rings. The van der Waals surface area contributed by atoms with Gasteiger partial charge in [-0.05, 0) is 60.7 Å². The maximum atomic E-state index is 14.2. The minimum atomic E-state index is -1.14. The second-order valence-electron chi connectivity index (χ2n) is 9.10. The molecule has 0 heterocycles. The normalized spacial score (nSPS) is 57.9. The van der Waals surface area contributed by atoms with Gasteiger partial charge in [0.15, 0.2) is 0 Å². The number of Topliss-reactive ketones (excluding diaryl/α,β-unsaturated/α-hetero) is 1. The van der Waals surface area contributed by atoms with Crippen LogP contribution >= 0.6 is 0 Å². The lowest BCUT2D eigenvalue weighted by Crippen LogP contribution is -2.56. The molecule has 8 atom stereocenters. The van der Waals surface area contributed by atoms with E-state index in [-0.39, 0.29) is 22.7 Å². The quantitative estimate of drug-likeness (QED) is 0.737. The number of carbonyl (C=O) groups is 1. The fraction of sp³-hybridized carbons (Fsp3) is 0.947. The minimum Gasteiger partial charge on any atom is -0.390 e. The van der Waals surface area contributed by atoms with Gasteiger partial charge in [-0.2, -0.15) is 0 Å². The van der Waals surface area contributed by atoms with E-state index in [4.69, 9.17) is 0 Å². The van der Waals surface area contributed by atoms with Gasteiger partial charge in [-0.25, -0.2) is 4.39 Å². The first-order valence-electron chi connectivity index (χ1n) is 9.23. The topological polar surface area (TPSA) is 37.3 Å². The van der Waals surface area contributed by atoms with Gasteiger partial charge in [0.05, 0.1) is 6.10 Å². The first-order chi connectivity index (χ1) is 10.4. The van der Waals surface area contributed by atoms with Crippen molar-refractivity contribution < 1.29 is 14.3 Å². The van der Waals surface area contributed by atoms with Crippen molar-refractivity contribution in [2.24, 2.45) is 34.5 Å². The molecule has 0 aromatic carbocycles. The van der Waals surface area contributed by atoms with Gasteiger partial charge in [0.1, 0.15) is 12.0 Å². The second-order valence-corrected chi connectivity index (χ2v) is 9.10. The number of alkyl halides is 1. The number of carbonyl (C=O) groups excluding carboxylic acids is 1. The molecule has 0 bridgehead atoms. The van der Waals surface area contributed by atoms with E-state index in [9.17, 15) is 14.3 Å². The van der Waals surface area contributed by atoms with Crippen LogP contribution in [0.5, 0.6) is 0 Å². The molecule has 3 heteroatoms. The molecule has 124 valence electrons. The van der Waals surface area contributed by atoms with E-state index >= 15 is 0 Å². The van der Waals surface area contributed by atoms with Crippen LogP contribution in [-0.2, 0) is 4.79 Å². The molecule has 0 spiro atoms. The lowest BCUT2D eigenvalue weighted by Gasteiger charge is -2.59. The van der Waals surface area contributed by atoms with Crippen molar-refractivity contribution in [3.63, 3.8) is 0 Å². The monoisotopic (exact) mass is 308 g/mol. The van der Waals surface area contributed by atoms with Crippen molar-refractivity contribution >= 4 is 5.78 Å². The fourth-order valence-electron chi connectivity index (χ4n) is 6.91. The Morgan fingerprint density at radius 3 is 2.64 bits per heavy atom. The first-order valence-corrected chi connectivity index (χ1v) is 9.23. The molecule has 0 radical (unpaired) electrons. The van der Waals surface area contributed by atoms with Crippen LogP contribution < -0.4 is 0 Å². The third kappa shape index (κ3) is 1.78. The zero-order valence-corrected chi connectivity index (χ0v) is 13.9. The molecule has 0 aliphatic heterocycles. The highest BCUT2D eigenvalue weighted by Gasteiger charge is 2.64. The van der Waals surface area contributed by atoms with Gasteiger partial charge in [-0.3, -0.25) is 4.79 Å². The average Bonchev–Trinajstić information content (AvgIpc) is 2.71. The van der Waals surface area contributed by atoms with Gasteiger partial charge >= 0.3 is 0 Å². The Labute approximate surface area is 132 Å². The number of aliphatic hydroxyl groups is 1. The Balaban J connectivity index is 1.71. The summed E-state index contributed by atoms with van der Waals surface area (Å²) in [6, 6.07) is 0. The second kappa shape index (κ2) is 4.78. The summed E-state index contributed by atoms with van der Waals surface area (Å²) in [5, 5.41) is 10.3. The lowest BCUT2D eigenvalue weighted by atomic mass is 9.45. The summed E-state index contributed by atoms with van der Waals surface area (Å²) < 4.78 is 14.2. The van der Waals surface area contributed by atoms with Gasteiger partial charge in [0, 0.05) is 12.3 Å². The van der Waals surface area contributed by atoms with Gasteiger partial charge in [0.2, 0.25) is 0 Å². The predicted octanol–water partition coefficient (Wildman–Crippen LogP) is 3.91. The summed E-state index contributed by atoms with van der Waals surface area (Å²) in [5.41, 5.74) is -0.106. The Morgan fingerprint density at radius 1 is 1.09 bits per heavy atom. The maximum Gasteiger partial charge on any atom is 0.136 e. The number of hydrogen-bond acceptors (Lipinski definition) is 2. The molecular weight excluding hydrogens is 279 g/mol. The highest BCUT2D eigenvalue weighted by molar-refractivity contribution is 5.83. The van der Waals surface area contributed by atoms with E-state index < -0.39 is 12.3 Å². The summed E-state index contributed by atoms with van der Waals surface area (Å²) in [6.07, 6.45) is 5.94. The Bertz CT molecular complexity index is 492. The number of rotatable bonds is 0. The number of ketones is 1. The predicted molar refractivity (Wildman–Crippen MR) is 83.0 cm³/mol. The largest absolute Gasteiger partial charge is 0.390 e. The lowest BCUT2D eigenvalue weighted by molar-refractivity contribution is -0.158. The van der Waals surface area contributed by atoms with E-state index in [1.165, 1.54) is 25.7 Å². The number of hydrogen-bond donors (Lipinski definition) is 1. The molecule has 4 saturated carbocycles. The SMILES string of the molecule is C[C@]12CC[C@H]3[C@@H](C(=O)CC4CCCC[C@@]43C)[C@@H]1C[C@@H](F)[C@H]2O. The van der Waals surface area contributed by atoms with Crippen molar-refractivity contribution in [3.8, 4) is 0 Å². The Morgan fingerprint density at radius 2 is 1.86 bits per heavy atom. The van der Waals surface area contributed by atoms with E-state index in [0.717, 1.165) is 12.8 Å². The van der Waals surface area contributed by atoms with Gasteiger partial charge < -0.3 is 5.11 Å². The Hall–Kier alpha value is -0.440. The van der Waals surface area contributed by atoms with Gasteiger partial charge in [-0.15, -0.1) is 0 Å². The summed E-state index contributed by atoms with van der Waals surface area (Å²) in [6.45, 7) is 4.43. The van der Waals surface area contributed by atoms with Crippen LogP contribution in [-0.4, -0.2) is 23.2 Å². The zero-order chi connectivity index (χ0) is 15.7. The Kier molecular flexibility index (Phi) is 3.28. The molecule has 4 fully saturated rings. The van der Waals surface area contributed by atoms with Crippen molar-refractivity contribution in [3.05, 3.63) is 0 Å². The molecule has 4 rings (SSSR count). The summed E-state index contributed by atoms with van der Waals surface area (Å²) in [4.78, 5) is 12.9. The highest BCUT2D eigenvalue weighted by Crippen LogP contribution is 2.65. The molecule has 0 saturated heterocycles. The third-order valence-electron chi connectivity index (χ3n) is 8.32. The summed E-state index contributed by atoms with van der Waals surface area (Å²) in [7, 11) is 0. The molecule has 0 aromatic heterocycles.